The van der Waals surface area contributed by atoms with Gasteiger partial charge in [0.05, 0.1) is 15.5 Å². The van der Waals surface area contributed by atoms with Crippen LogP contribution in [-0.4, -0.2) is 30.4 Å². The SMILES string of the molecule is Cc1nccn1CCCNC(=O)c1cc(S(=O)(=O)Nc2ccc(F)cc2)ccc1Cl. The third kappa shape index (κ3) is 5.37. The van der Waals surface area contributed by atoms with E-state index in [0.29, 0.717) is 19.5 Å². The van der Waals surface area contributed by atoms with Crippen molar-refractivity contribution in [3.05, 3.63) is 77.1 Å². The van der Waals surface area contributed by atoms with Gasteiger partial charge in [-0.05, 0) is 55.8 Å². The second-order valence-corrected chi connectivity index (χ2v) is 8.62. The van der Waals surface area contributed by atoms with Crippen molar-refractivity contribution in [2.75, 3.05) is 11.3 Å². The van der Waals surface area contributed by atoms with E-state index in [9.17, 15) is 17.6 Å². The highest BCUT2D eigenvalue weighted by molar-refractivity contribution is 7.92. The van der Waals surface area contributed by atoms with Gasteiger partial charge in [-0.25, -0.2) is 17.8 Å². The molecule has 0 bridgehead atoms. The molecule has 0 aliphatic rings. The lowest BCUT2D eigenvalue weighted by molar-refractivity contribution is 0.0952. The predicted molar refractivity (Wildman–Crippen MR) is 113 cm³/mol. The molecule has 30 heavy (non-hydrogen) atoms. The molecule has 0 fully saturated rings. The predicted octanol–water partition coefficient (Wildman–Crippen LogP) is 3.60. The molecule has 1 heterocycles. The molecule has 3 rings (SSSR count). The van der Waals surface area contributed by atoms with E-state index >= 15 is 0 Å². The van der Waals surface area contributed by atoms with Crippen LogP contribution < -0.4 is 10.0 Å². The van der Waals surface area contributed by atoms with Crippen LogP contribution in [-0.2, 0) is 16.6 Å². The molecule has 0 saturated carbocycles. The molecule has 0 radical (unpaired) electrons. The van der Waals surface area contributed by atoms with Gasteiger partial charge < -0.3 is 9.88 Å². The number of halogens is 2. The zero-order chi connectivity index (χ0) is 21.7. The molecule has 2 N–H and O–H groups in total. The average Bonchev–Trinajstić information content (AvgIpc) is 3.11. The number of hydrogen-bond acceptors (Lipinski definition) is 4. The average molecular weight is 451 g/mol. The van der Waals surface area contributed by atoms with Crippen LogP contribution in [0.5, 0.6) is 0 Å². The summed E-state index contributed by atoms with van der Waals surface area (Å²) in [4.78, 5) is 16.5. The fourth-order valence-electron chi connectivity index (χ4n) is 2.76. The van der Waals surface area contributed by atoms with Crippen LogP contribution in [0.1, 0.15) is 22.6 Å². The molecule has 0 atom stereocenters. The highest BCUT2D eigenvalue weighted by Crippen LogP contribution is 2.22. The summed E-state index contributed by atoms with van der Waals surface area (Å²) in [5.74, 6) is -0.0660. The summed E-state index contributed by atoms with van der Waals surface area (Å²) in [6.45, 7) is 2.97. The van der Waals surface area contributed by atoms with Gasteiger partial charge in [-0.2, -0.15) is 0 Å². The van der Waals surface area contributed by atoms with Crippen LogP contribution in [0.3, 0.4) is 0 Å². The van der Waals surface area contributed by atoms with E-state index in [4.69, 9.17) is 11.6 Å². The summed E-state index contributed by atoms with van der Waals surface area (Å²) in [5.41, 5.74) is 0.254. The maximum absolute atomic E-state index is 13.0. The Kier molecular flexibility index (Phi) is 6.73. The van der Waals surface area contributed by atoms with Gasteiger partial charge in [0.2, 0.25) is 0 Å². The van der Waals surface area contributed by atoms with Crippen LogP contribution in [0.15, 0.2) is 59.8 Å². The molecule has 10 heteroatoms. The number of carbonyl (C=O) groups is 1. The van der Waals surface area contributed by atoms with Gasteiger partial charge in [0.25, 0.3) is 15.9 Å². The van der Waals surface area contributed by atoms with Crippen LogP contribution in [0.4, 0.5) is 10.1 Å². The lowest BCUT2D eigenvalue weighted by Gasteiger charge is -2.11. The topological polar surface area (TPSA) is 93.1 Å². The van der Waals surface area contributed by atoms with E-state index in [1.54, 1.807) is 6.20 Å². The molecule has 0 unspecified atom stereocenters. The Morgan fingerprint density at radius 3 is 2.60 bits per heavy atom. The Labute approximate surface area is 178 Å². The minimum atomic E-state index is -3.98. The maximum atomic E-state index is 13.0. The van der Waals surface area contributed by atoms with Gasteiger partial charge in [-0.3, -0.25) is 9.52 Å². The lowest BCUT2D eigenvalue weighted by atomic mass is 10.2. The second-order valence-electron chi connectivity index (χ2n) is 6.53. The summed E-state index contributed by atoms with van der Waals surface area (Å²) < 4.78 is 42.5. The van der Waals surface area contributed by atoms with E-state index in [1.165, 1.54) is 30.3 Å². The molecular formula is C20H20ClFN4O3S. The lowest BCUT2D eigenvalue weighted by Crippen LogP contribution is -2.26. The van der Waals surface area contributed by atoms with Gasteiger partial charge in [0, 0.05) is 31.2 Å². The Morgan fingerprint density at radius 2 is 1.93 bits per heavy atom. The zero-order valence-corrected chi connectivity index (χ0v) is 17.7. The molecule has 1 amide bonds. The Morgan fingerprint density at radius 1 is 1.20 bits per heavy atom. The van der Waals surface area contributed by atoms with E-state index in [1.807, 2.05) is 17.7 Å². The minimum Gasteiger partial charge on any atom is -0.352 e. The zero-order valence-electron chi connectivity index (χ0n) is 16.1. The normalized spacial score (nSPS) is 11.3. The molecule has 7 nitrogen and oxygen atoms in total. The van der Waals surface area contributed by atoms with Gasteiger partial charge in [-0.1, -0.05) is 11.6 Å². The Bertz CT molecular complexity index is 1150. The van der Waals surface area contributed by atoms with Crippen LogP contribution >= 0.6 is 11.6 Å². The van der Waals surface area contributed by atoms with Gasteiger partial charge in [0.1, 0.15) is 11.6 Å². The van der Waals surface area contributed by atoms with Crippen molar-refractivity contribution in [2.24, 2.45) is 0 Å². The molecule has 0 spiro atoms. The molecule has 1 aromatic heterocycles. The number of imidazole rings is 1. The number of amides is 1. The van der Waals surface area contributed by atoms with E-state index in [2.05, 4.69) is 15.0 Å². The molecule has 0 aliphatic heterocycles. The van der Waals surface area contributed by atoms with Crippen molar-refractivity contribution in [3.8, 4) is 0 Å². The quantitative estimate of drug-likeness (QED) is 0.513. The van der Waals surface area contributed by atoms with Crippen molar-refractivity contribution < 1.29 is 17.6 Å². The second kappa shape index (κ2) is 9.27. The van der Waals surface area contributed by atoms with Crippen molar-refractivity contribution >= 4 is 33.2 Å². The number of benzene rings is 2. The van der Waals surface area contributed by atoms with E-state index in [-0.39, 0.29) is 21.2 Å². The number of hydrogen-bond donors (Lipinski definition) is 2. The smallest absolute Gasteiger partial charge is 0.261 e. The first-order valence-corrected chi connectivity index (χ1v) is 11.0. The Balaban J connectivity index is 1.66. The first-order valence-electron chi connectivity index (χ1n) is 9.10. The number of nitrogens with one attached hydrogen (secondary N) is 2. The summed E-state index contributed by atoms with van der Waals surface area (Å²) in [7, 11) is -3.98. The molecule has 3 aromatic rings. The third-order valence-electron chi connectivity index (χ3n) is 4.37. The van der Waals surface area contributed by atoms with E-state index in [0.717, 1.165) is 18.0 Å². The molecular weight excluding hydrogens is 431 g/mol. The van der Waals surface area contributed by atoms with Crippen molar-refractivity contribution in [2.45, 2.75) is 24.8 Å². The number of carbonyl (C=O) groups excluding carboxylic acids is 1. The number of aromatic nitrogens is 2. The fourth-order valence-corrected chi connectivity index (χ4v) is 4.05. The van der Waals surface area contributed by atoms with Gasteiger partial charge in [0.15, 0.2) is 0 Å². The number of aryl methyl sites for hydroxylation is 2. The number of rotatable bonds is 8. The maximum Gasteiger partial charge on any atom is 0.261 e. The monoisotopic (exact) mass is 450 g/mol. The Hall–Kier alpha value is -2.91. The number of anilines is 1. The van der Waals surface area contributed by atoms with Gasteiger partial charge in [-0.15, -0.1) is 0 Å². The van der Waals surface area contributed by atoms with Crippen molar-refractivity contribution in [3.63, 3.8) is 0 Å². The standard InChI is InChI=1S/C20H20ClFN4O3S/c1-14-23-10-12-26(14)11-2-9-24-20(27)18-13-17(7-8-19(18)21)30(28,29)25-16-5-3-15(22)4-6-16/h3-8,10,12-13,25H,2,9,11H2,1H3,(H,24,27). The fraction of sp³-hybridized carbons (Fsp3) is 0.200. The third-order valence-corrected chi connectivity index (χ3v) is 6.08. The van der Waals surface area contributed by atoms with Crippen molar-refractivity contribution in [1.82, 2.24) is 14.9 Å². The summed E-state index contributed by atoms with van der Waals surface area (Å²) >= 11 is 6.10. The molecule has 158 valence electrons. The highest BCUT2D eigenvalue weighted by atomic mass is 35.5. The first-order chi connectivity index (χ1) is 14.3. The van der Waals surface area contributed by atoms with Crippen molar-refractivity contribution in [1.29, 1.82) is 0 Å². The molecule has 0 aliphatic carbocycles. The number of sulfonamides is 1. The first kappa shape index (κ1) is 21.8. The van der Waals surface area contributed by atoms with E-state index < -0.39 is 21.7 Å². The summed E-state index contributed by atoms with van der Waals surface area (Å²) in [5, 5.41) is 2.88. The number of nitrogens with zero attached hydrogens (tertiary/aromatic N) is 2. The molecule has 0 saturated heterocycles. The largest absolute Gasteiger partial charge is 0.352 e. The van der Waals surface area contributed by atoms with Gasteiger partial charge >= 0.3 is 0 Å². The van der Waals surface area contributed by atoms with Crippen LogP contribution in [0, 0.1) is 12.7 Å². The summed E-state index contributed by atoms with van der Waals surface area (Å²) in [6, 6.07) is 8.76. The molecule has 2 aromatic carbocycles. The van der Waals surface area contributed by atoms with Crippen LogP contribution in [0.25, 0.3) is 0 Å². The van der Waals surface area contributed by atoms with Crippen LogP contribution in [0.2, 0.25) is 5.02 Å². The highest BCUT2D eigenvalue weighted by Gasteiger charge is 2.19. The minimum absolute atomic E-state index is 0.0532. The summed E-state index contributed by atoms with van der Waals surface area (Å²) in [6.07, 6.45) is 4.24.